The lowest BCUT2D eigenvalue weighted by molar-refractivity contribution is -0.149. The molecule has 3 aromatic rings. The number of hydrogen-bond acceptors (Lipinski definition) is 5. The molecule has 1 aliphatic heterocycles. The monoisotopic (exact) mass is 411 g/mol. The van der Waals surface area contributed by atoms with E-state index in [1.807, 2.05) is 0 Å². The molecule has 0 spiro atoms. The van der Waals surface area contributed by atoms with Crippen LogP contribution in [0.3, 0.4) is 0 Å². The molecule has 0 radical (unpaired) electrons. The number of rotatable bonds is 4. The van der Waals surface area contributed by atoms with Gasteiger partial charge in [-0.1, -0.05) is 23.7 Å². The SMILES string of the molecule is O=C(O)C1(c2cccc(Cl)c2)CC(n2nc3n(c2=O)C(c2cnccn2)CC3)C1. The van der Waals surface area contributed by atoms with Crippen LogP contribution in [0.2, 0.25) is 5.02 Å². The number of aromatic nitrogens is 5. The molecule has 3 heterocycles. The number of aliphatic carboxylic acids is 1. The van der Waals surface area contributed by atoms with Crippen LogP contribution >= 0.6 is 11.6 Å². The molecule has 0 bridgehead atoms. The maximum absolute atomic E-state index is 13.1. The molecule has 8 nitrogen and oxygen atoms in total. The zero-order chi connectivity index (χ0) is 20.2. The van der Waals surface area contributed by atoms with Crippen LogP contribution in [0.4, 0.5) is 0 Å². The lowest BCUT2D eigenvalue weighted by Crippen LogP contribution is -2.50. The summed E-state index contributed by atoms with van der Waals surface area (Å²) in [5, 5.41) is 14.9. The molecule has 1 saturated carbocycles. The lowest BCUT2D eigenvalue weighted by Gasteiger charge is -2.44. The average molecular weight is 412 g/mol. The van der Waals surface area contributed by atoms with Gasteiger partial charge in [0.25, 0.3) is 0 Å². The smallest absolute Gasteiger partial charge is 0.346 e. The molecular weight excluding hydrogens is 394 g/mol. The fraction of sp³-hybridized carbons (Fsp3) is 0.350. The Labute approximate surface area is 170 Å². The molecule has 148 valence electrons. The highest BCUT2D eigenvalue weighted by molar-refractivity contribution is 6.30. The van der Waals surface area contributed by atoms with E-state index in [1.54, 1.807) is 47.4 Å². The Bertz CT molecular complexity index is 1150. The fourth-order valence-corrected chi connectivity index (χ4v) is 4.74. The van der Waals surface area contributed by atoms with Gasteiger partial charge in [0.05, 0.1) is 29.4 Å². The number of carboxylic acid groups (broad SMARTS) is 1. The highest BCUT2D eigenvalue weighted by Gasteiger charge is 2.53. The molecule has 2 aromatic heterocycles. The topological polar surface area (TPSA) is 103 Å². The third-order valence-corrected chi connectivity index (χ3v) is 6.32. The highest BCUT2D eigenvalue weighted by Crippen LogP contribution is 2.50. The molecule has 1 atom stereocenters. The van der Waals surface area contributed by atoms with E-state index in [-0.39, 0.29) is 17.8 Å². The minimum absolute atomic E-state index is 0.183. The summed E-state index contributed by atoms with van der Waals surface area (Å²) in [4.78, 5) is 33.6. The first kappa shape index (κ1) is 18.1. The number of carboxylic acids is 1. The van der Waals surface area contributed by atoms with Crippen LogP contribution < -0.4 is 5.69 Å². The first-order chi connectivity index (χ1) is 14.0. The standard InChI is InChI=1S/C20H18ClN5O3/c21-13-3-1-2-12(8-13)20(18(27)28)9-14(10-20)26-19(29)25-16(4-5-17(25)24-26)15-11-22-6-7-23-15/h1-3,6-8,11,14,16H,4-5,9-10H2,(H,27,28). The molecule has 1 aromatic carbocycles. The van der Waals surface area contributed by atoms with Gasteiger partial charge in [-0.05, 0) is 37.0 Å². The van der Waals surface area contributed by atoms with Crippen molar-refractivity contribution in [2.75, 3.05) is 0 Å². The molecular formula is C20H18ClN5O3. The minimum atomic E-state index is -1.05. The van der Waals surface area contributed by atoms with E-state index in [2.05, 4.69) is 15.1 Å². The predicted octanol–water partition coefficient (Wildman–Crippen LogP) is 2.38. The van der Waals surface area contributed by atoms with Gasteiger partial charge in [-0.2, -0.15) is 5.10 Å². The second-order valence-electron chi connectivity index (χ2n) is 7.66. The molecule has 9 heteroatoms. The van der Waals surface area contributed by atoms with E-state index in [0.717, 1.165) is 12.1 Å². The summed E-state index contributed by atoms with van der Waals surface area (Å²) in [7, 11) is 0. The van der Waals surface area contributed by atoms with Gasteiger partial charge in [-0.15, -0.1) is 0 Å². The van der Waals surface area contributed by atoms with Crippen molar-refractivity contribution in [2.45, 2.75) is 43.2 Å². The van der Waals surface area contributed by atoms with E-state index in [0.29, 0.717) is 35.7 Å². The Morgan fingerprint density at radius 3 is 2.79 bits per heavy atom. The molecule has 2 aliphatic rings. The Morgan fingerprint density at radius 2 is 2.10 bits per heavy atom. The summed E-state index contributed by atoms with van der Waals surface area (Å²) in [5.74, 6) is -0.200. The third-order valence-electron chi connectivity index (χ3n) is 6.08. The van der Waals surface area contributed by atoms with E-state index in [4.69, 9.17) is 11.6 Å². The average Bonchev–Trinajstić information content (AvgIpc) is 3.22. The van der Waals surface area contributed by atoms with Gasteiger partial charge in [0.15, 0.2) is 0 Å². The third kappa shape index (κ3) is 2.70. The van der Waals surface area contributed by atoms with Crippen molar-refractivity contribution in [1.29, 1.82) is 0 Å². The molecule has 5 rings (SSSR count). The Hall–Kier alpha value is -3.00. The molecule has 1 aliphatic carbocycles. The summed E-state index contributed by atoms with van der Waals surface area (Å²) in [5.41, 5.74) is 0.127. The molecule has 29 heavy (non-hydrogen) atoms. The normalized spacial score (nSPS) is 25.4. The number of carbonyl (C=O) groups is 1. The second-order valence-corrected chi connectivity index (χ2v) is 8.09. The van der Waals surface area contributed by atoms with Crippen LogP contribution in [-0.2, 0) is 16.6 Å². The molecule has 0 amide bonds. The number of hydrogen-bond donors (Lipinski definition) is 1. The summed E-state index contributed by atoms with van der Waals surface area (Å²) in [6.07, 6.45) is 6.91. The molecule has 1 N–H and O–H groups in total. The van der Waals surface area contributed by atoms with E-state index in [1.165, 1.54) is 4.68 Å². The number of benzene rings is 1. The van der Waals surface area contributed by atoms with E-state index in [9.17, 15) is 14.7 Å². The Morgan fingerprint density at radius 1 is 1.28 bits per heavy atom. The van der Waals surface area contributed by atoms with Crippen LogP contribution in [0.15, 0.2) is 47.7 Å². The van der Waals surface area contributed by atoms with Gasteiger partial charge in [0.1, 0.15) is 5.82 Å². The first-order valence-corrected chi connectivity index (χ1v) is 9.83. The van der Waals surface area contributed by atoms with Crippen molar-refractivity contribution in [3.8, 4) is 0 Å². The number of aryl methyl sites for hydroxylation is 1. The summed E-state index contributed by atoms with van der Waals surface area (Å²) < 4.78 is 3.12. The van der Waals surface area contributed by atoms with Gasteiger partial charge >= 0.3 is 11.7 Å². The van der Waals surface area contributed by atoms with Gasteiger partial charge in [-0.25, -0.2) is 9.48 Å². The van der Waals surface area contributed by atoms with Crippen LogP contribution in [0.5, 0.6) is 0 Å². The zero-order valence-electron chi connectivity index (χ0n) is 15.4. The van der Waals surface area contributed by atoms with Crippen LogP contribution in [-0.4, -0.2) is 35.4 Å². The van der Waals surface area contributed by atoms with Crippen molar-refractivity contribution in [3.05, 3.63) is 75.4 Å². The number of fused-ring (bicyclic) bond motifs is 1. The maximum atomic E-state index is 13.1. The number of nitrogens with zero attached hydrogens (tertiary/aromatic N) is 5. The van der Waals surface area contributed by atoms with Gasteiger partial charge < -0.3 is 5.11 Å². The van der Waals surface area contributed by atoms with Gasteiger partial charge in [-0.3, -0.25) is 19.3 Å². The van der Waals surface area contributed by atoms with E-state index < -0.39 is 11.4 Å². The Kier molecular flexibility index (Phi) is 4.06. The Balaban J connectivity index is 1.46. The van der Waals surface area contributed by atoms with Crippen LogP contribution in [0.1, 0.15) is 48.4 Å². The molecule has 1 unspecified atom stereocenters. The van der Waals surface area contributed by atoms with Crippen molar-refractivity contribution in [2.24, 2.45) is 0 Å². The summed E-state index contributed by atoms with van der Waals surface area (Å²) >= 11 is 6.07. The molecule has 1 fully saturated rings. The highest BCUT2D eigenvalue weighted by atomic mass is 35.5. The second kappa shape index (κ2) is 6.52. The molecule has 0 saturated heterocycles. The van der Waals surface area contributed by atoms with Crippen molar-refractivity contribution in [3.63, 3.8) is 0 Å². The fourth-order valence-electron chi connectivity index (χ4n) is 4.55. The van der Waals surface area contributed by atoms with Gasteiger partial charge in [0.2, 0.25) is 0 Å². The van der Waals surface area contributed by atoms with Gasteiger partial charge in [0, 0.05) is 23.8 Å². The minimum Gasteiger partial charge on any atom is -0.481 e. The summed E-state index contributed by atoms with van der Waals surface area (Å²) in [6, 6.07) is 6.48. The largest absolute Gasteiger partial charge is 0.481 e. The number of halogens is 1. The zero-order valence-corrected chi connectivity index (χ0v) is 16.2. The summed E-state index contributed by atoms with van der Waals surface area (Å²) in [6.45, 7) is 0. The van der Waals surface area contributed by atoms with Crippen LogP contribution in [0, 0.1) is 0 Å². The van der Waals surface area contributed by atoms with E-state index >= 15 is 0 Å². The lowest BCUT2D eigenvalue weighted by atomic mass is 9.61. The van der Waals surface area contributed by atoms with Crippen molar-refractivity contribution in [1.82, 2.24) is 24.3 Å². The first-order valence-electron chi connectivity index (χ1n) is 9.45. The van der Waals surface area contributed by atoms with Crippen molar-refractivity contribution < 1.29 is 9.90 Å². The quantitative estimate of drug-likeness (QED) is 0.707. The van der Waals surface area contributed by atoms with Crippen LogP contribution in [0.25, 0.3) is 0 Å². The predicted molar refractivity (Wildman–Crippen MR) is 104 cm³/mol. The maximum Gasteiger partial charge on any atom is 0.346 e. The van der Waals surface area contributed by atoms with Crippen molar-refractivity contribution >= 4 is 17.6 Å².